The molecule has 1 heterocycles. The number of hydrogen-bond acceptors (Lipinski definition) is 4. The molecule has 1 aromatic carbocycles. The van der Waals surface area contributed by atoms with Crippen molar-refractivity contribution in [3.8, 4) is 5.75 Å². The largest absolute Gasteiger partial charge is 0.507 e. The lowest BCUT2D eigenvalue weighted by atomic mass is 9.77. The van der Waals surface area contributed by atoms with E-state index in [9.17, 15) is 14.7 Å². The van der Waals surface area contributed by atoms with E-state index in [0.29, 0.717) is 24.3 Å². The quantitative estimate of drug-likeness (QED) is 0.644. The number of benzene rings is 1. The number of ether oxygens (including phenoxy) is 1. The number of nitrogens with one attached hydrogen (secondary N) is 2. The Bertz CT molecular complexity index is 806. The van der Waals surface area contributed by atoms with Gasteiger partial charge in [-0.05, 0) is 53.0 Å². The highest BCUT2D eigenvalue weighted by Gasteiger charge is 2.35. The maximum absolute atomic E-state index is 12.8. The lowest BCUT2D eigenvalue weighted by Gasteiger charge is -2.32. The molecular formula is C23H34N2O4. The summed E-state index contributed by atoms with van der Waals surface area (Å²) in [5, 5.41) is 16.5. The van der Waals surface area contributed by atoms with Crippen molar-refractivity contribution < 1.29 is 19.4 Å². The van der Waals surface area contributed by atoms with Crippen LogP contribution in [-0.2, 0) is 20.4 Å². The number of rotatable bonds is 4. The molecule has 3 N–H and O–H groups in total. The number of allylic oxidation sites excluding steroid dienone is 1. The van der Waals surface area contributed by atoms with E-state index >= 15 is 0 Å². The summed E-state index contributed by atoms with van der Waals surface area (Å²) >= 11 is 0. The molecule has 2 amide bonds. The summed E-state index contributed by atoms with van der Waals surface area (Å²) in [4.78, 5) is 25.0. The summed E-state index contributed by atoms with van der Waals surface area (Å²) in [6.45, 7) is 16.1. The Morgan fingerprint density at radius 3 is 2.07 bits per heavy atom. The van der Waals surface area contributed by atoms with Crippen LogP contribution in [-0.4, -0.2) is 23.7 Å². The molecule has 0 bridgehead atoms. The van der Waals surface area contributed by atoms with Crippen molar-refractivity contribution in [2.75, 3.05) is 6.61 Å². The van der Waals surface area contributed by atoms with Gasteiger partial charge in [-0.3, -0.25) is 0 Å². The van der Waals surface area contributed by atoms with E-state index < -0.39 is 12.0 Å². The van der Waals surface area contributed by atoms with Crippen molar-refractivity contribution in [3.63, 3.8) is 0 Å². The van der Waals surface area contributed by atoms with Crippen LogP contribution >= 0.6 is 0 Å². The van der Waals surface area contributed by atoms with Crippen molar-refractivity contribution in [3.05, 3.63) is 40.1 Å². The summed E-state index contributed by atoms with van der Waals surface area (Å²) in [6, 6.07) is 2.72. The smallest absolute Gasteiger partial charge is 0.338 e. The second-order valence-electron chi connectivity index (χ2n) is 9.67. The van der Waals surface area contributed by atoms with Gasteiger partial charge in [0.15, 0.2) is 0 Å². The molecule has 1 unspecified atom stereocenters. The van der Waals surface area contributed by atoms with E-state index in [-0.39, 0.29) is 22.6 Å². The second-order valence-corrected chi connectivity index (χ2v) is 9.67. The molecule has 29 heavy (non-hydrogen) atoms. The third kappa shape index (κ3) is 4.92. The molecular weight excluding hydrogens is 368 g/mol. The topological polar surface area (TPSA) is 87.7 Å². The molecule has 1 atom stereocenters. The zero-order valence-electron chi connectivity index (χ0n) is 18.8. The first-order valence-electron chi connectivity index (χ1n) is 10.1. The van der Waals surface area contributed by atoms with Gasteiger partial charge in [-0.15, -0.1) is 0 Å². The van der Waals surface area contributed by atoms with Gasteiger partial charge in [0.05, 0.1) is 18.2 Å². The van der Waals surface area contributed by atoms with Crippen LogP contribution in [0.2, 0.25) is 0 Å². The fraction of sp³-hybridized carbons (Fsp3) is 0.565. The SMILES string of the molecule is CCCOC(=O)C1=C(C)NC(=O)NC1c1cc(C(C)(C)C)c(O)c(C(C)(C)C)c1. The minimum absolute atomic E-state index is 0.254. The lowest BCUT2D eigenvalue weighted by molar-refractivity contribution is -0.139. The highest BCUT2D eigenvalue weighted by atomic mass is 16.5. The molecule has 0 saturated carbocycles. The van der Waals surface area contributed by atoms with Gasteiger partial charge < -0.3 is 20.5 Å². The van der Waals surface area contributed by atoms with Crippen molar-refractivity contribution in [1.82, 2.24) is 10.6 Å². The van der Waals surface area contributed by atoms with E-state index in [4.69, 9.17) is 4.74 Å². The van der Waals surface area contributed by atoms with Gasteiger partial charge in [0.25, 0.3) is 0 Å². The molecule has 0 aliphatic carbocycles. The molecule has 1 aromatic rings. The first kappa shape index (κ1) is 22.8. The zero-order chi connectivity index (χ0) is 22.1. The molecule has 6 nitrogen and oxygen atoms in total. The van der Waals surface area contributed by atoms with Crippen molar-refractivity contribution in [2.24, 2.45) is 0 Å². The normalized spacial score (nSPS) is 17.7. The fourth-order valence-electron chi connectivity index (χ4n) is 3.45. The molecule has 1 aliphatic rings. The van der Waals surface area contributed by atoms with Gasteiger partial charge in [0.1, 0.15) is 5.75 Å². The third-order valence-corrected chi connectivity index (χ3v) is 5.01. The summed E-state index contributed by atoms with van der Waals surface area (Å²) in [6.07, 6.45) is 0.712. The predicted molar refractivity (Wildman–Crippen MR) is 114 cm³/mol. The molecule has 0 saturated heterocycles. The summed E-state index contributed by atoms with van der Waals surface area (Å²) in [5.74, 6) is -0.200. The number of esters is 1. The maximum Gasteiger partial charge on any atom is 0.338 e. The van der Waals surface area contributed by atoms with E-state index in [1.807, 2.05) is 60.6 Å². The summed E-state index contributed by atoms with van der Waals surface area (Å²) in [7, 11) is 0. The average molecular weight is 403 g/mol. The molecule has 2 rings (SSSR count). The molecule has 0 aromatic heterocycles. The fourth-order valence-corrected chi connectivity index (χ4v) is 3.45. The molecule has 1 aliphatic heterocycles. The minimum atomic E-state index is -0.657. The van der Waals surface area contributed by atoms with Gasteiger partial charge in [-0.2, -0.15) is 0 Å². The highest BCUT2D eigenvalue weighted by Crippen LogP contribution is 2.42. The molecule has 0 fully saturated rings. The molecule has 6 heteroatoms. The lowest BCUT2D eigenvalue weighted by Crippen LogP contribution is -2.45. The van der Waals surface area contributed by atoms with Crippen LogP contribution in [0.3, 0.4) is 0 Å². The van der Waals surface area contributed by atoms with Gasteiger partial charge >= 0.3 is 12.0 Å². The number of amides is 2. The number of aromatic hydroxyl groups is 1. The first-order valence-corrected chi connectivity index (χ1v) is 10.1. The van der Waals surface area contributed by atoms with Gasteiger partial charge in [-0.25, -0.2) is 9.59 Å². The molecule has 0 spiro atoms. The van der Waals surface area contributed by atoms with Crippen molar-refractivity contribution in [1.29, 1.82) is 0 Å². The third-order valence-electron chi connectivity index (χ3n) is 5.01. The van der Waals surface area contributed by atoms with Crippen LogP contribution in [0.25, 0.3) is 0 Å². The monoisotopic (exact) mass is 402 g/mol. The Morgan fingerprint density at radius 2 is 1.62 bits per heavy atom. The van der Waals surface area contributed by atoms with Gasteiger partial charge in [-0.1, -0.05) is 48.5 Å². The highest BCUT2D eigenvalue weighted by molar-refractivity contribution is 5.95. The van der Waals surface area contributed by atoms with E-state index in [0.717, 1.165) is 16.7 Å². The standard InChI is InChI=1S/C23H34N2O4/c1-9-10-29-20(27)17-13(2)24-21(28)25-18(17)14-11-15(22(3,4)5)19(26)16(12-14)23(6,7)8/h11-12,18,26H,9-10H2,1-8H3,(H2,24,25,28). The Kier molecular flexibility index (Phi) is 6.36. The predicted octanol–water partition coefficient (Wildman–Crippen LogP) is 4.57. The first-order chi connectivity index (χ1) is 13.3. The Morgan fingerprint density at radius 1 is 1.10 bits per heavy atom. The van der Waals surface area contributed by atoms with Crippen LogP contribution < -0.4 is 10.6 Å². The van der Waals surface area contributed by atoms with Crippen molar-refractivity contribution in [2.45, 2.75) is 78.7 Å². The van der Waals surface area contributed by atoms with E-state index in [2.05, 4.69) is 10.6 Å². The van der Waals surface area contributed by atoms with Crippen LogP contribution in [0, 0.1) is 0 Å². The number of phenols is 1. The molecule has 160 valence electrons. The summed E-state index contributed by atoms with van der Waals surface area (Å²) in [5.41, 5.74) is 2.50. The zero-order valence-corrected chi connectivity index (χ0v) is 18.8. The Hall–Kier alpha value is -2.50. The van der Waals surface area contributed by atoms with Crippen LogP contribution in [0.4, 0.5) is 4.79 Å². The molecule has 0 radical (unpaired) electrons. The summed E-state index contributed by atoms with van der Waals surface area (Å²) < 4.78 is 5.37. The minimum Gasteiger partial charge on any atom is -0.507 e. The number of urea groups is 1. The number of carbonyl (C=O) groups is 2. The van der Waals surface area contributed by atoms with Crippen LogP contribution in [0.15, 0.2) is 23.4 Å². The second kappa shape index (κ2) is 8.09. The number of hydrogen-bond donors (Lipinski definition) is 3. The Labute approximate surface area is 173 Å². The van der Waals surface area contributed by atoms with Crippen molar-refractivity contribution >= 4 is 12.0 Å². The average Bonchev–Trinajstić information content (AvgIpc) is 2.57. The van der Waals surface area contributed by atoms with Crippen LogP contribution in [0.1, 0.15) is 84.5 Å². The maximum atomic E-state index is 12.8. The van der Waals surface area contributed by atoms with Crippen LogP contribution in [0.5, 0.6) is 5.75 Å². The Balaban J connectivity index is 2.71. The van der Waals surface area contributed by atoms with E-state index in [1.54, 1.807) is 6.92 Å². The number of carbonyl (C=O) groups excluding carboxylic acids is 2. The number of phenolic OH excluding ortho intramolecular Hbond substituents is 1. The van der Waals surface area contributed by atoms with Gasteiger partial charge in [0, 0.05) is 5.70 Å². The van der Waals surface area contributed by atoms with Gasteiger partial charge in [0.2, 0.25) is 0 Å². The van der Waals surface area contributed by atoms with E-state index in [1.165, 1.54) is 0 Å².